The smallest absolute Gasteiger partial charge is 0.369 e. The Hall–Kier alpha value is -3.66. The van der Waals surface area contributed by atoms with Crippen LogP contribution < -0.4 is 5.56 Å². The summed E-state index contributed by atoms with van der Waals surface area (Å²) in [6, 6.07) is 17.5. The van der Waals surface area contributed by atoms with E-state index in [4.69, 9.17) is 0 Å². The number of halogens is 6. The molecule has 0 spiro atoms. The SMILES string of the molecule is Cc1cc(C(O)(C(F)(F)F)C(F)(F)F)ccc1-n1c(Cc2ccccc2)nc2ccccc2c1=O. The lowest BCUT2D eigenvalue weighted by Gasteiger charge is -2.33. The minimum absolute atomic E-state index is 0.0506. The number of hydrogen-bond donors (Lipinski definition) is 1. The molecule has 1 heterocycles. The highest BCUT2D eigenvalue weighted by atomic mass is 19.4. The maximum atomic E-state index is 13.4. The quantitative estimate of drug-likeness (QED) is 0.378. The van der Waals surface area contributed by atoms with Crippen molar-refractivity contribution in [1.82, 2.24) is 9.55 Å². The average molecular weight is 492 g/mol. The van der Waals surface area contributed by atoms with Crippen molar-refractivity contribution in [3.63, 3.8) is 0 Å². The Bertz CT molecular complexity index is 1430. The van der Waals surface area contributed by atoms with Crippen LogP contribution in [0.3, 0.4) is 0 Å². The van der Waals surface area contributed by atoms with E-state index in [9.17, 15) is 36.2 Å². The number of nitrogens with zero attached hydrogens (tertiary/aromatic N) is 2. The summed E-state index contributed by atoms with van der Waals surface area (Å²) < 4.78 is 81.3. The van der Waals surface area contributed by atoms with Gasteiger partial charge in [0.25, 0.3) is 11.2 Å². The number of aryl methyl sites for hydroxylation is 1. The van der Waals surface area contributed by atoms with E-state index >= 15 is 0 Å². The second kappa shape index (κ2) is 8.53. The molecule has 35 heavy (non-hydrogen) atoms. The normalized spacial score (nSPS) is 12.8. The predicted octanol–water partition coefficient (Wildman–Crippen LogP) is 5.60. The molecule has 0 bridgehead atoms. The maximum absolute atomic E-state index is 13.4. The van der Waals surface area contributed by atoms with Crippen LogP contribution >= 0.6 is 0 Å². The van der Waals surface area contributed by atoms with Gasteiger partial charge < -0.3 is 5.11 Å². The second-order valence-electron chi connectivity index (χ2n) is 8.06. The van der Waals surface area contributed by atoms with Gasteiger partial charge in [-0.3, -0.25) is 9.36 Å². The molecule has 10 heteroatoms. The molecule has 4 aromatic rings. The third kappa shape index (κ3) is 4.18. The average Bonchev–Trinajstić information content (AvgIpc) is 2.78. The van der Waals surface area contributed by atoms with E-state index in [0.29, 0.717) is 17.6 Å². The van der Waals surface area contributed by atoms with Gasteiger partial charge in [-0.2, -0.15) is 26.3 Å². The van der Waals surface area contributed by atoms with Gasteiger partial charge in [0.1, 0.15) is 5.82 Å². The molecule has 0 unspecified atom stereocenters. The highest BCUT2D eigenvalue weighted by Crippen LogP contribution is 2.50. The molecule has 4 nitrogen and oxygen atoms in total. The van der Waals surface area contributed by atoms with Crippen molar-refractivity contribution in [2.75, 3.05) is 0 Å². The molecule has 1 aromatic heterocycles. The molecule has 0 saturated heterocycles. The standard InChI is InChI=1S/C25H18F6N2O2/c1-15-13-17(23(35,24(26,27)28)25(29,30)31)11-12-20(15)33-21(14-16-7-3-2-4-8-16)32-19-10-6-5-9-18(19)22(33)34/h2-13,35H,14H2,1H3. The van der Waals surface area contributed by atoms with E-state index in [2.05, 4.69) is 4.98 Å². The van der Waals surface area contributed by atoms with Crippen LogP contribution in [0.1, 0.15) is 22.5 Å². The first-order valence-corrected chi connectivity index (χ1v) is 10.4. The van der Waals surface area contributed by atoms with E-state index in [1.54, 1.807) is 48.5 Å². The maximum Gasteiger partial charge on any atom is 0.430 e. The summed E-state index contributed by atoms with van der Waals surface area (Å²) in [7, 11) is 0. The van der Waals surface area contributed by atoms with Gasteiger partial charge in [-0.1, -0.05) is 54.6 Å². The summed E-state index contributed by atoms with van der Waals surface area (Å²) in [5.41, 5.74) is -5.83. The Morgan fingerprint density at radius 1 is 0.857 bits per heavy atom. The predicted molar refractivity (Wildman–Crippen MR) is 117 cm³/mol. The summed E-state index contributed by atoms with van der Waals surface area (Å²) in [6.45, 7) is 1.26. The molecule has 0 atom stereocenters. The molecule has 1 N–H and O–H groups in total. The number of aliphatic hydroxyl groups is 1. The number of rotatable bonds is 4. The lowest BCUT2D eigenvalue weighted by Crippen LogP contribution is -2.54. The summed E-state index contributed by atoms with van der Waals surface area (Å²) in [4.78, 5) is 18.0. The lowest BCUT2D eigenvalue weighted by molar-refractivity contribution is -0.376. The Morgan fingerprint density at radius 2 is 1.46 bits per heavy atom. The van der Waals surface area contributed by atoms with Crippen molar-refractivity contribution in [2.45, 2.75) is 31.3 Å². The van der Waals surface area contributed by atoms with Gasteiger partial charge in [0.05, 0.1) is 16.6 Å². The molecule has 4 rings (SSSR count). The summed E-state index contributed by atoms with van der Waals surface area (Å²) in [6.07, 6.45) is -11.9. The first-order chi connectivity index (χ1) is 16.3. The first kappa shape index (κ1) is 24.5. The third-order valence-electron chi connectivity index (χ3n) is 5.73. The van der Waals surface area contributed by atoms with Gasteiger partial charge >= 0.3 is 12.4 Å². The second-order valence-corrected chi connectivity index (χ2v) is 8.06. The number of aromatic nitrogens is 2. The van der Waals surface area contributed by atoms with Gasteiger partial charge in [0.2, 0.25) is 0 Å². The van der Waals surface area contributed by atoms with Crippen molar-refractivity contribution in [3.8, 4) is 5.69 Å². The fourth-order valence-electron chi connectivity index (χ4n) is 3.94. The van der Waals surface area contributed by atoms with Crippen LogP contribution in [0.4, 0.5) is 26.3 Å². The first-order valence-electron chi connectivity index (χ1n) is 10.4. The molecule has 182 valence electrons. The van der Waals surface area contributed by atoms with Gasteiger partial charge in [0.15, 0.2) is 0 Å². The zero-order chi connectivity index (χ0) is 25.6. The van der Waals surface area contributed by atoms with Gasteiger partial charge in [-0.05, 0) is 36.2 Å². The monoisotopic (exact) mass is 492 g/mol. The molecule has 0 aliphatic heterocycles. The Labute approximate surface area is 195 Å². The number of alkyl halides is 6. The van der Waals surface area contributed by atoms with Crippen LogP contribution in [-0.4, -0.2) is 27.0 Å². The Kier molecular flexibility index (Phi) is 5.96. The minimum atomic E-state index is -6.01. The third-order valence-corrected chi connectivity index (χ3v) is 5.73. The van der Waals surface area contributed by atoms with E-state index in [-0.39, 0.29) is 28.9 Å². The number of para-hydroxylation sites is 1. The van der Waals surface area contributed by atoms with E-state index in [1.165, 1.54) is 17.6 Å². The number of benzene rings is 3. The molecule has 0 aliphatic rings. The summed E-state index contributed by atoms with van der Waals surface area (Å²) >= 11 is 0. The fraction of sp³-hybridized carbons (Fsp3) is 0.200. The van der Waals surface area contributed by atoms with Crippen LogP contribution in [0, 0.1) is 6.92 Å². The minimum Gasteiger partial charge on any atom is -0.369 e. The lowest BCUT2D eigenvalue weighted by atomic mass is 9.90. The topological polar surface area (TPSA) is 55.1 Å². The van der Waals surface area contributed by atoms with E-state index in [0.717, 1.165) is 11.6 Å². The van der Waals surface area contributed by atoms with Crippen LogP contribution in [0.5, 0.6) is 0 Å². The van der Waals surface area contributed by atoms with Gasteiger partial charge in [0, 0.05) is 12.0 Å². The largest absolute Gasteiger partial charge is 0.430 e. The van der Waals surface area contributed by atoms with Gasteiger partial charge in [-0.25, -0.2) is 4.98 Å². The molecular weight excluding hydrogens is 474 g/mol. The summed E-state index contributed by atoms with van der Waals surface area (Å²) in [5.74, 6) is 0.248. The van der Waals surface area contributed by atoms with Crippen molar-refractivity contribution in [2.24, 2.45) is 0 Å². The molecule has 0 fully saturated rings. The van der Waals surface area contributed by atoms with Crippen molar-refractivity contribution >= 4 is 10.9 Å². The van der Waals surface area contributed by atoms with Crippen molar-refractivity contribution in [1.29, 1.82) is 0 Å². The Balaban J connectivity index is 1.95. The molecule has 3 aromatic carbocycles. The van der Waals surface area contributed by atoms with Crippen LogP contribution in [0.25, 0.3) is 16.6 Å². The zero-order valence-electron chi connectivity index (χ0n) is 18.2. The molecule has 0 amide bonds. The van der Waals surface area contributed by atoms with Crippen molar-refractivity contribution in [3.05, 3.63) is 106 Å². The molecule has 0 saturated carbocycles. The van der Waals surface area contributed by atoms with Crippen molar-refractivity contribution < 1.29 is 31.4 Å². The fourth-order valence-corrected chi connectivity index (χ4v) is 3.94. The van der Waals surface area contributed by atoms with Crippen LogP contribution in [-0.2, 0) is 12.0 Å². The van der Waals surface area contributed by atoms with Crippen LogP contribution in [0.15, 0.2) is 77.6 Å². The molecular formula is C25H18F6N2O2. The Morgan fingerprint density at radius 3 is 2.06 bits per heavy atom. The highest BCUT2D eigenvalue weighted by molar-refractivity contribution is 5.78. The molecule has 0 radical (unpaired) electrons. The van der Waals surface area contributed by atoms with E-state index < -0.39 is 29.1 Å². The number of fused-ring (bicyclic) bond motifs is 1. The highest BCUT2D eigenvalue weighted by Gasteiger charge is 2.71. The number of hydrogen-bond acceptors (Lipinski definition) is 3. The summed E-state index contributed by atoms with van der Waals surface area (Å²) in [5, 5.41) is 9.99. The molecule has 0 aliphatic carbocycles. The zero-order valence-corrected chi connectivity index (χ0v) is 18.2. The van der Waals surface area contributed by atoms with Crippen LogP contribution in [0.2, 0.25) is 0 Å². The van der Waals surface area contributed by atoms with Gasteiger partial charge in [-0.15, -0.1) is 0 Å². The van der Waals surface area contributed by atoms with E-state index in [1.807, 2.05) is 0 Å².